The van der Waals surface area contributed by atoms with E-state index in [1.165, 1.54) is 0 Å². The average molecular weight is 379 g/mol. The Kier molecular flexibility index (Phi) is 5.65. The summed E-state index contributed by atoms with van der Waals surface area (Å²) in [5.74, 6) is -0.0773. The summed E-state index contributed by atoms with van der Waals surface area (Å²) in [4.78, 5) is 20.3. The molecular weight excluding hydrogens is 359 g/mol. The molecule has 1 aliphatic heterocycles. The highest BCUT2D eigenvalue weighted by Crippen LogP contribution is 2.32. The van der Waals surface area contributed by atoms with Crippen molar-refractivity contribution in [2.24, 2.45) is 0 Å². The molecule has 2 heterocycles. The van der Waals surface area contributed by atoms with E-state index >= 15 is 0 Å². The van der Waals surface area contributed by atoms with Crippen LogP contribution in [0.25, 0.3) is 0 Å². The first kappa shape index (κ1) is 19.2. The molecule has 1 aliphatic rings. The fraction of sp³-hybridized carbons (Fsp3) is 0.368. The molecule has 0 aliphatic carbocycles. The number of pyridine rings is 1. The van der Waals surface area contributed by atoms with Crippen LogP contribution < -0.4 is 9.64 Å². The third kappa shape index (κ3) is 5.19. The normalized spacial score (nSPS) is 15.6. The first-order chi connectivity index (χ1) is 12.8. The molecule has 0 bridgehead atoms. The number of benzene rings is 1. The summed E-state index contributed by atoms with van der Waals surface area (Å²) in [5, 5.41) is 0. The number of hydrogen-bond acceptors (Lipinski definition) is 5. The largest absolute Gasteiger partial charge is 0.426 e. The highest BCUT2D eigenvalue weighted by atomic mass is 19.4. The molecular formula is C19H20F3N3O2. The molecule has 0 spiro atoms. The van der Waals surface area contributed by atoms with Crippen molar-refractivity contribution in [1.29, 1.82) is 0 Å². The number of esters is 1. The highest BCUT2D eigenvalue weighted by Gasteiger charge is 2.32. The topological polar surface area (TPSA) is 45.7 Å². The van der Waals surface area contributed by atoms with E-state index in [0.29, 0.717) is 18.8 Å². The van der Waals surface area contributed by atoms with Gasteiger partial charge in [-0.3, -0.25) is 4.79 Å². The minimum absolute atomic E-state index is 0.0414. The van der Waals surface area contributed by atoms with Gasteiger partial charge < -0.3 is 14.5 Å². The first-order valence-electron chi connectivity index (χ1n) is 8.58. The van der Waals surface area contributed by atoms with Gasteiger partial charge in [0.05, 0.1) is 17.7 Å². The quantitative estimate of drug-likeness (QED) is 0.604. The second kappa shape index (κ2) is 7.96. The van der Waals surface area contributed by atoms with Crippen molar-refractivity contribution in [2.75, 3.05) is 38.1 Å². The number of nitrogens with zero attached hydrogens (tertiary/aromatic N) is 3. The first-order valence-corrected chi connectivity index (χ1v) is 8.58. The van der Waals surface area contributed by atoms with Crippen molar-refractivity contribution in [1.82, 2.24) is 9.88 Å². The molecule has 144 valence electrons. The number of hydrogen-bond donors (Lipinski definition) is 0. The van der Waals surface area contributed by atoms with Gasteiger partial charge in [-0.15, -0.1) is 0 Å². The van der Waals surface area contributed by atoms with Gasteiger partial charge in [-0.1, -0.05) is 18.2 Å². The number of halogens is 3. The van der Waals surface area contributed by atoms with Crippen LogP contribution in [0.2, 0.25) is 0 Å². The van der Waals surface area contributed by atoms with Crippen molar-refractivity contribution in [3.05, 3.63) is 53.7 Å². The summed E-state index contributed by atoms with van der Waals surface area (Å²) >= 11 is 0. The van der Waals surface area contributed by atoms with Crippen molar-refractivity contribution < 1.29 is 22.7 Å². The lowest BCUT2D eigenvalue weighted by atomic mass is 10.1. The standard InChI is InChI=1S/C19H20F3N3O2/c1-24-7-9-25(10-8-24)17-12-14(19(20,21)22)11-15(23-17)13-18(26)27-16-5-3-2-4-6-16/h2-6,11-12H,7-10,13H2,1H3. The van der Waals surface area contributed by atoms with Crippen LogP contribution in [0.1, 0.15) is 11.3 Å². The molecule has 2 aromatic rings. The van der Waals surface area contributed by atoms with E-state index in [9.17, 15) is 18.0 Å². The van der Waals surface area contributed by atoms with E-state index in [0.717, 1.165) is 25.2 Å². The Balaban J connectivity index is 1.81. The Bertz CT molecular complexity index is 789. The molecule has 0 radical (unpaired) electrons. The van der Waals surface area contributed by atoms with Gasteiger partial charge in [0, 0.05) is 26.2 Å². The minimum Gasteiger partial charge on any atom is -0.426 e. The maximum Gasteiger partial charge on any atom is 0.416 e. The number of carbonyl (C=O) groups is 1. The third-order valence-corrected chi connectivity index (χ3v) is 4.32. The number of anilines is 1. The van der Waals surface area contributed by atoms with Gasteiger partial charge in [0.25, 0.3) is 0 Å². The lowest BCUT2D eigenvalue weighted by Crippen LogP contribution is -2.45. The number of carbonyl (C=O) groups excluding carboxylic acids is 1. The smallest absolute Gasteiger partial charge is 0.416 e. The number of piperazine rings is 1. The summed E-state index contributed by atoms with van der Waals surface area (Å²) in [7, 11) is 1.96. The van der Waals surface area contributed by atoms with Crippen LogP contribution in [0.4, 0.5) is 19.0 Å². The highest BCUT2D eigenvalue weighted by molar-refractivity contribution is 5.75. The predicted molar refractivity (Wildman–Crippen MR) is 94.7 cm³/mol. The van der Waals surface area contributed by atoms with E-state index in [4.69, 9.17) is 4.74 Å². The fourth-order valence-corrected chi connectivity index (χ4v) is 2.83. The van der Waals surface area contributed by atoms with E-state index in [1.54, 1.807) is 35.2 Å². The van der Waals surface area contributed by atoms with Crippen LogP contribution in [-0.4, -0.2) is 49.1 Å². The van der Waals surface area contributed by atoms with Gasteiger partial charge >= 0.3 is 12.1 Å². The van der Waals surface area contributed by atoms with Crippen molar-refractivity contribution in [3.63, 3.8) is 0 Å². The summed E-state index contributed by atoms with van der Waals surface area (Å²) in [5.41, 5.74) is -0.770. The number of likely N-dealkylation sites (N-methyl/N-ethyl adjacent to an activating group) is 1. The van der Waals surface area contributed by atoms with Crippen LogP contribution in [0.15, 0.2) is 42.5 Å². The zero-order valence-electron chi connectivity index (χ0n) is 14.9. The van der Waals surface area contributed by atoms with Crippen LogP contribution in [-0.2, 0) is 17.4 Å². The summed E-state index contributed by atoms with van der Waals surface area (Å²) in [6.45, 7) is 2.64. The summed E-state index contributed by atoms with van der Waals surface area (Å²) < 4.78 is 45.0. The fourth-order valence-electron chi connectivity index (χ4n) is 2.83. The van der Waals surface area contributed by atoms with Crippen molar-refractivity contribution in [2.45, 2.75) is 12.6 Å². The molecule has 1 aromatic carbocycles. The van der Waals surface area contributed by atoms with Crippen LogP contribution in [0.3, 0.4) is 0 Å². The van der Waals surface area contributed by atoms with Gasteiger partial charge in [-0.2, -0.15) is 13.2 Å². The van der Waals surface area contributed by atoms with E-state index in [2.05, 4.69) is 9.88 Å². The molecule has 1 aromatic heterocycles. The molecule has 0 amide bonds. The van der Waals surface area contributed by atoms with Crippen molar-refractivity contribution in [3.8, 4) is 5.75 Å². The Hall–Kier alpha value is -2.61. The predicted octanol–water partition coefficient (Wildman–Crippen LogP) is 3.00. The van der Waals surface area contributed by atoms with Crippen LogP contribution in [0, 0.1) is 0 Å². The van der Waals surface area contributed by atoms with E-state index in [1.807, 2.05) is 7.05 Å². The van der Waals surface area contributed by atoms with Gasteiger partial charge in [0.2, 0.25) is 0 Å². The number of para-hydroxylation sites is 1. The molecule has 1 saturated heterocycles. The Morgan fingerprint density at radius 3 is 2.41 bits per heavy atom. The minimum atomic E-state index is -4.51. The van der Waals surface area contributed by atoms with Crippen molar-refractivity contribution >= 4 is 11.8 Å². The number of rotatable bonds is 4. The number of ether oxygens (including phenoxy) is 1. The molecule has 3 rings (SSSR count). The Labute approximate surface area is 155 Å². The molecule has 5 nitrogen and oxygen atoms in total. The molecule has 0 unspecified atom stereocenters. The lowest BCUT2D eigenvalue weighted by molar-refractivity contribution is -0.138. The molecule has 0 atom stereocenters. The maximum absolute atomic E-state index is 13.3. The Morgan fingerprint density at radius 2 is 1.78 bits per heavy atom. The lowest BCUT2D eigenvalue weighted by Gasteiger charge is -2.33. The molecule has 8 heteroatoms. The summed E-state index contributed by atoms with van der Waals surface area (Å²) in [6.07, 6.45) is -4.85. The number of aromatic nitrogens is 1. The van der Waals surface area contributed by atoms with E-state index < -0.39 is 17.7 Å². The second-order valence-corrected chi connectivity index (χ2v) is 6.46. The molecule has 27 heavy (non-hydrogen) atoms. The van der Waals surface area contributed by atoms with Crippen LogP contribution >= 0.6 is 0 Å². The van der Waals surface area contributed by atoms with Gasteiger partial charge in [0.1, 0.15) is 11.6 Å². The monoisotopic (exact) mass is 379 g/mol. The molecule has 1 fully saturated rings. The zero-order chi connectivity index (χ0) is 19.4. The molecule has 0 N–H and O–H groups in total. The Morgan fingerprint density at radius 1 is 1.11 bits per heavy atom. The van der Waals surface area contributed by atoms with E-state index in [-0.39, 0.29) is 17.9 Å². The number of alkyl halides is 3. The average Bonchev–Trinajstić information content (AvgIpc) is 2.62. The van der Waals surface area contributed by atoms with Gasteiger partial charge in [-0.05, 0) is 31.3 Å². The van der Waals surface area contributed by atoms with Gasteiger partial charge in [0.15, 0.2) is 0 Å². The van der Waals surface area contributed by atoms with Gasteiger partial charge in [-0.25, -0.2) is 4.98 Å². The maximum atomic E-state index is 13.3. The zero-order valence-corrected chi connectivity index (χ0v) is 14.9. The SMILES string of the molecule is CN1CCN(c2cc(C(F)(F)F)cc(CC(=O)Oc3ccccc3)n2)CC1. The molecule has 0 saturated carbocycles. The summed E-state index contributed by atoms with van der Waals surface area (Å²) in [6, 6.07) is 10.3. The van der Waals surface area contributed by atoms with Crippen LogP contribution in [0.5, 0.6) is 5.75 Å². The third-order valence-electron chi connectivity index (χ3n) is 4.32. The second-order valence-electron chi connectivity index (χ2n) is 6.46.